The van der Waals surface area contributed by atoms with Crippen LogP contribution in [-0.4, -0.2) is 75.3 Å². The molecule has 208 valence electrons. The second kappa shape index (κ2) is 9.74. The van der Waals surface area contributed by atoms with Gasteiger partial charge in [0.25, 0.3) is 12.3 Å². The van der Waals surface area contributed by atoms with Crippen LogP contribution in [0.2, 0.25) is 0 Å². The van der Waals surface area contributed by atoms with Crippen LogP contribution in [-0.2, 0) is 27.4 Å². The van der Waals surface area contributed by atoms with Crippen molar-refractivity contribution in [3.8, 4) is 11.3 Å². The van der Waals surface area contributed by atoms with E-state index in [1.165, 1.54) is 4.90 Å². The second-order valence-corrected chi connectivity index (χ2v) is 11.1. The molecule has 3 aromatic rings. The lowest BCUT2D eigenvalue weighted by Gasteiger charge is -2.29. The smallest absolute Gasteiger partial charge is 0.255 e. The number of nitrogens with zero attached hydrogens (tertiary/aromatic N) is 4. The number of likely N-dealkylation sites (tertiary alicyclic amines) is 1. The first-order chi connectivity index (χ1) is 19.4. The fourth-order valence-electron chi connectivity index (χ4n) is 6.44. The predicted octanol–water partition coefficient (Wildman–Crippen LogP) is 3.27. The molecule has 0 aliphatic carbocycles. The van der Waals surface area contributed by atoms with E-state index in [1.54, 1.807) is 6.07 Å². The third-order valence-electron chi connectivity index (χ3n) is 8.68. The quantitative estimate of drug-likeness (QED) is 0.475. The molecule has 2 aromatic heterocycles. The largest absolute Gasteiger partial charge is 0.377 e. The monoisotopic (exact) mass is 549 g/mol. The minimum absolute atomic E-state index is 0.174. The summed E-state index contributed by atoms with van der Waals surface area (Å²) in [6, 6.07) is 8.25. The van der Waals surface area contributed by atoms with Gasteiger partial charge in [-0.3, -0.25) is 24.6 Å². The molecule has 11 heteroatoms. The number of imide groups is 1. The number of ether oxygens (including phenoxy) is 1. The van der Waals surface area contributed by atoms with Gasteiger partial charge < -0.3 is 14.2 Å². The summed E-state index contributed by atoms with van der Waals surface area (Å²) >= 11 is 0. The minimum atomic E-state index is -2.39. The molecule has 6 heterocycles. The van der Waals surface area contributed by atoms with Crippen molar-refractivity contribution in [3.63, 3.8) is 0 Å². The Morgan fingerprint density at radius 3 is 2.70 bits per heavy atom. The van der Waals surface area contributed by atoms with Crippen LogP contribution in [0, 0.1) is 0 Å². The number of fused-ring (bicyclic) bond motifs is 2. The highest BCUT2D eigenvalue weighted by Crippen LogP contribution is 2.35. The van der Waals surface area contributed by atoms with Crippen LogP contribution in [0.3, 0.4) is 0 Å². The number of rotatable bonds is 6. The molecule has 1 N–H and O–H groups in total. The first kappa shape index (κ1) is 25.3. The lowest BCUT2D eigenvalue weighted by Crippen LogP contribution is -2.52. The Morgan fingerprint density at radius 1 is 1.10 bits per heavy atom. The number of benzene rings is 1. The van der Waals surface area contributed by atoms with Gasteiger partial charge in [-0.25, -0.2) is 13.8 Å². The van der Waals surface area contributed by atoms with E-state index in [-0.39, 0.29) is 30.8 Å². The summed E-state index contributed by atoms with van der Waals surface area (Å²) in [4.78, 5) is 45.6. The van der Waals surface area contributed by atoms with Crippen molar-refractivity contribution in [3.05, 3.63) is 53.2 Å². The number of nitrogens with one attached hydrogen (secondary N) is 1. The van der Waals surface area contributed by atoms with Crippen molar-refractivity contribution < 1.29 is 27.9 Å². The standard InChI is InChI=1S/C29H29F2N5O4/c30-26(31)23-2-1-8-34(23)12-18-11-22(32-27-20(18)7-9-35(27)19-14-40-15-19)16-3-4-21-17(10-16)13-36(29(21)39)24-5-6-25(37)33-28(24)38/h3-4,7,9-11,19,23-24,26H,1-2,5-6,8,12-15H2,(H,33,37,38). The number of pyridine rings is 1. The van der Waals surface area contributed by atoms with Gasteiger partial charge in [0.05, 0.1) is 31.0 Å². The number of amides is 3. The SMILES string of the molecule is O=C1CCC(N2Cc3cc(-c4cc(CN5CCCC5C(F)F)c5ccn(C6COC6)c5n4)ccc3C2=O)C(=O)N1. The molecule has 3 amide bonds. The van der Waals surface area contributed by atoms with E-state index in [4.69, 9.17) is 9.72 Å². The van der Waals surface area contributed by atoms with Gasteiger partial charge in [-0.2, -0.15) is 0 Å². The molecule has 3 fully saturated rings. The van der Waals surface area contributed by atoms with E-state index >= 15 is 0 Å². The van der Waals surface area contributed by atoms with E-state index in [0.717, 1.165) is 34.1 Å². The van der Waals surface area contributed by atoms with Gasteiger partial charge in [-0.15, -0.1) is 0 Å². The highest BCUT2D eigenvalue weighted by atomic mass is 19.3. The summed E-state index contributed by atoms with van der Waals surface area (Å²) < 4.78 is 35.0. The van der Waals surface area contributed by atoms with Crippen LogP contribution in [0.25, 0.3) is 22.3 Å². The van der Waals surface area contributed by atoms with Crippen molar-refractivity contribution in [1.82, 2.24) is 24.7 Å². The molecular weight excluding hydrogens is 520 g/mol. The number of aromatic nitrogens is 2. The molecule has 0 saturated carbocycles. The van der Waals surface area contributed by atoms with E-state index in [1.807, 2.05) is 35.4 Å². The molecule has 2 atom stereocenters. The first-order valence-corrected chi connectivity index (χ1v) is 13.8. The number of hydrogen-bond donors (Lipinski definition) is 1. The van der Waals surface area contributed by atoms with Gasteiger partial charge in [-0.1, -0.05) is 6.07 Å². The minimum Gasteiger partial charge on any atom is -0.377 e. The number of carbonyl (C=O) groups excluding carboxylic acids is 3. The lowest BCUT2D eigenvalue weighted by molar-refractivity contribution is -0.136. The summed E-state index contributed by atoms with van der Waals surface area (Å²) in [6.45, 7) is 2.49. The van der Waals surface area contributed by atoms with Crippen molar-refractivity contribution in [2.75, 3.05) is 19.8 Å². The highest BCUT2D eigenvalue weighted by molar-refractivity contribution is 6.05. The Hall–Kier alpha value is -3.70. The van der Waals surface area contributed by atoms with Crippen LogP contribution in [0.15, 0.2) is 36.5 Å². The van der Waals surface area contributed by atoms with Crippen molar-refractivity contribution >= 4 is 28.8 Å². The zero-order valence-electron chi connectivity index (χ0n) is 21.8. The lowest BCUT2D eigenvalue weighted by atomic mass is 10.0. The summed E-state index contributed by atoms with van der Waals surface area (Å²) in [6.07, 6.45) is 1.34. The Bertz CT molecular complexity index is 1530. The zero-order chi connectivity index (χ0) is 27.5. The van der Waals surface area contributed by atoms with Gasteiger partial charge in [0.2, 0.25) is 11.8 Å². The number of halogens is 2. The molecule has 4 aliphatic rings. The molecule has 2 unspecified atom stereocenters. The van der Waals surface area contributed by atoms with Crippen molar-refractivity contribution in [2.24, 2.45) is 0 Å². The number of hydrogen-bond acceptors (Lipinski definition) is 6. The van der Waals surface area contributed by atoms with Crippen molar-refractivity contribution in [2.45, 2.75) is 63.3 Å². The van der Waals surface area contributed by atoms with Crippen LogP contribution in [0.1, 0.15) is 53.2 Å². The van der Waals surface area contributed by atoms with E-state index in [2.05, 4.69) is 9.88 Å². The molecule has 0 radical (unpaired) electrons. The maximum Gasteiger partial charge on any atom is 0.255 e. The van der Waals surface area contributed by atoms with Gasteiger partial charge in [0.15, 0.2) is 0 Å². The average molecular weight is 550 g/mol. The van der Waals surface area contributed by atoms with Crippen LogP contribution in [0.5, 0.6) is 0 Å². The Labute approximate surface area is 229 Å². The maximum atomic E-state index is 13.7. The third-order valence-corrected chi connectivity index (χ3v) is 8.68. The Balaban J connectivity index is 1.25. The van der Waals surface area contributed by atoms with Gasteiger partial charge in [0, 0.05) is 42.2 Å². The molecule has 7 rings (SSSR count). The van der Waals surface area contributed by atoms with Crippen molar-refractivity contribution in [1.29, 1.82) is 0 Å². The summed E-state index contributed by atoms with van der Waals surface area (Å²) in [5.41, 5.74) is 4.55. The van der Waals surface area contributed by atoms with Crippen LogP contribution < -0.4 is 5.32 Å². The van der Waals surface area contributed by atoms with Crippen LogP contribution in [0.4, 0.5) is 8.78 Å². The molecule has 3 saturated heterocycles. The highest BCUT2D eigenvalue weighted by Gasteiger charge is 2.39. The Kier molecular flexibility index (Phi) is 6.16. The van der Waals surface area contributed by atoms with E-state index in [9.17, 15) is 23.2 Å². The molecule has 9 nitrogen and oxygen atoms in total. The van der Waals surface area contributed by atoms with Gasteiger partial charge in [0.1, 0.15) is 11.7 Å². The fourth-order valence-corrected chi connectivity index (χ4v) is 6.44. The first-order valence-electron chi connectivity index (χ1n) is 13.8. The topological polar surface area (TPSA) is 96.8 Å². The molecule has 40 heavy (non-hydrogen) atoms. The molecule has 0 bridgehead atoms. The summed E-state index contributed by atoms with van der Waals surface area (Å²) in [7, 11) is 0. The zero-order valence-corrected chi connectivity index (χ0v) is 21.8. The average Bonchev–Trinajstić information content (AvgIpc) is 3.61. The third kappa shape index (κ3) is 4.19. The normalized spacial score (nSPS) is 23.8. The summed E-state index contributed by atoms with van der Waals surface area (Å²) in [5, 5.41) is 3.27. The number of alkyl halides is 2. The van der Waals surface area contributed by atoms with E-state index in [0.29, 0.717) is 50.4 Å². The predicted molar refractivity (Wildman–Crippen MR) is 141 cm³/mol. The second-order valence-electron chi connectivity index (χ2n) is 11.1. The molecule has 4 aliphatic heterocycles. The summed E-state index contributed by atoms with van der Waals surface area (Å²) in [5.74, 6) is -0.998. The molecular formula is C29H29F2N5O4. The number of carbonyl (C=O) groups is 3. The van der Waals surface area contributed by atoms with Gasteiger partial charge >= 0.3 is 0 Å². The molecule has 0 spiro atoms. The maximum absolute atomic E-state index is 13.7. The number of piperidine rings is 1. The fraction of sp³-hybridized carbons (Fsp3) is 0.448. The molecule has 1 aromatic carbocycles. The van der Waals surface area contributed by atoms with E-state index < -0.39 is 24.4 Å². The van der Waals surface area contributed by atoms with Gasteiger partial charge in [-0.05, 0) is 61.2 Å². The van der Waals surface area contributed by atoms with Crippen LogP contribution >= 0.6 is 0 Å². The Morgan fingerprint density at radius 2 is 1.95 bits per heavy atom.